The van der Waals surface area contributed by atoms with E-state index in [2.05, 4.69) is 21.2 Å². The fourth-order valence-corrected chi connectivity index (χ4v) is 5.56. The Morgan fingerprint density at radius 2 is 1.72 bits per heavy atom. The molecule has 1 aliphatic rings. The Morgan fingerprint density at radius 3 is 2.31 bits per heavy atom. The lowest BCUT2D eigenvalue weighted by molar-refractivity contribution is -0.130. The van der Waals surface area contributed by atoms with Gasteiger partial charge in [-0.2, -0.15) is 5.26 Å². The highest BCUT2D eigenvalue weighted by Gasteiger charge is 2.27. The molecule has 0 unspecified atom stereocenters. The van der Waals surface area contributed by atoms with Crippen LogP contribution in [0.25, 0.3) is 0 Å². The highest BCUT2D eigenvalue weighted by atomic mass is 32.2. The van der Waals surface area contributed by atoms with Crippen LogP contribution in [0.4, 0.5) is 0 Å². The summed E-state index contributed by atoms with van der Waals surface area (Å²) in [5, 5.41) is 17.6. The fourth-order valence-electron chi connectivity index (χ4n) is 2.89. The highest BCUT2D eigenvalue weighted by molar-refractivity contribution is 8.03. The molecule has 2 amide bonds. The Balaban J connectivity index is 1.45. The molecule has 1 aromatic heterocycles. The van der Waals surface area contributed by atoms with E-state index in [1.807, 2.05) is 35.2 Å². The van der Waals surface area contributed by atoms with E-state index in [1.54, 1.807) is 0 Å². The van der Waals surface area contributed by atoms with E-state index < -0.39 is 5.91 Å². The van der Waals surface area contributed by atoms with Gasteiger partial charge in [0.25, 0.3) is 0 Å². The summed E-state index contributed by atoms with van der Waals surface area (Å²) in [5.74, 6) is 0.0917. The summed E-state index contributed by atoms with van der Waals surface area (Å²) in [6.45, 7) is 2.52. The van der Waals surface area contributed by atoms with Crippen molar-refractivity contribution in [3.05, 3.63) is 35.9 Å². The third kappa shape index (κ3) is 6.17. The molecule has 1 fully saturated rings. The lowest BCUT2D eigenvalue weighted by Gasteiger charge is -2.37. The van der Waals surface area contributed by atoms with E-state index >= 15 is 0 Å². The van der Waals surface area contributed by atoms with Gasteiger partial charge >= 0.3 is 0 Å². The number of nitrogens with zero attached hydrogens (tertiary/aromatic N) is 5. The van der Waals surface area contributed by atoms with E-state index in [4.69, 9.17) is 5.73 Å². The first-order chi connectivity index (χ1) is 14.1. The molecule has 2 heterocycles. The monoisotopic (exact) mass is 448 g/mol. The molecule has 0 aliphatic carbocycles. The van der Waals surface area contributed by atoms with E-state index in [-0.39, 0.29) is 23.5 Å². The van der Waals surface area contributed by atoms with Gasteiger partial charge in [-0.05, 0) is 5.56 Å². The zero-order chi connectivity index (χ0) is 20.6. The quantitative estimate of drug-likeness (QED) is 0.606. The molecule has 2 aromatic rings. The number of piperazine rings is 1. The second-order valence-electron chi connectivity index (χ2n) is 6.24. The van der Waals surface area contributed by atoms with E-state index in [0.29, 0.717) is 34.9 Å². The Bertz CT molecular complexity index is 877. The zero-order valence-corrected chi connectivity index (χ0v) is 18.0. The van der Waals surface area contributed by atoms with Crippen LogP contribution in [0, 0.1) is 11.3 Å². The Labute approximate surface area is 181 Å². The number of nitriles is 1. The molecule has 0 saturated carbocycles. The molecule has 29 heavy (non-hydrogen) atoms. The SMILES string of the molecule is N#C[C@@H](c1ccccc1)N1CCN(C(=O)CSc2nnc(SCC(N)=O)s2)CC1. The number of primary amides is 1. The standard InChI is InChI=1S/C18H20N6O2S3/c19-10-14(13-4-2-1-3-5-13)23-6-8-24(9-7-23)16(26)12-28-18-22-21-17(29-18)27-11-15(20)25/h1-5,14H,6-9,11-12H2,(H2,20,25)/t14-/m0/s1. The number of carbonyl (C=O) groups is 2. The van der Waals surface area contributed by atoms with Gasteiger partial charge < -0.3 is 10.6 Å². The number of carbonyl (C=O) groups excluding carboxylic acids is 2. The van der Waals surface area contributed by atoms with Gasteiger partial charge in [0.05, 0.1) is 17.6 Å². The maximum absolute atomic E-state index is 12.5. The summed E-state index contributed by atoms with van der Waals surface area (Å²) >= 11 is 3.94. The fraction of sp³-hybridized carbons (Fsp3) is 0.389. The van der Waals surface area contributed by atoms with Gasteiger partial charge in [-0.3, -0.25) is 14.5 Å². The van der Waals surface area contributed by atoms with Crippen molar-refractivity contribution in [2.24, 2.45) is 5.73 Å². The molecule has 11 heteroatoms. The summed E-state index contributed by atoms with van der Waals surface area (Å²) in [5.41, 5.74) is 6.10. The van der Waals surface area contributed by atoms with Gasteiger partial charge in [-0.25, -0.2) is 0 Å². The van der Waals surface area contributed by atoms with Gasteiger partial charge in [-0.15, -0.1) is 10.2 Å². The minimum absolute atomic E-state index is 0.0457. The minimum atomic E-state index is -0.403. The second kappa shape index (κ2) is 10.6. The summed E-state index contributed by atoms with van der Waals surface area (Å²) in [6, 6.07) is 11.8. The molecule has 3 rings (SSSR count). The lowest BCUT2D eigenvalue weighted by atomic mass is 10.1. The molecule has 152 valence electrons. The Kier molecular flexibility index (Phi) is 7.88. The molecule has 0 radical (unpaired) electrons. The number of hydrogen-bond acceptors (Lipinski definition) is 9. The van der Waals surface area contributed by atoms with E-state index in [9.17, 15) is 14.9 Å². The Hall–Kier alpha value is -2.13. The van der Waals surface area contributed by atoms with E-state index in [1.165, 1.54) is 34.9 Å². The molecule has 0 spiro atoms. The number of rotatable bonds is 8. The van der Waals surface area contributed by atoms with Crippen LogP contribution in [0.2, 0.25) is 0 Å². The zero-order valence-electron chi connectivity index (χ0n) is 15.6. The molecule has 0 bridgehead atoms. The normalized spacial score (nSPS) is 15.6. The Morgan fingerprint density at radius 1 is 1.10 bits per heavy atom. The van der Waals surface area contributed by atoms with Crippen LogP contribution in [-0.4, -0.2) is 69.5 Å². The smallest absolute Gasteiger partial charge is 0.233 e. The van der Waals surface area contributed by atoms with E-state index in [0.717, 1.165) is 5.56 Å². The van der Waals surface area contributed by atoms with Crippen LogP contribution in [0.5, 0.6) is 0 Å². The molecule has 1 saturated heterocycles. The number of hydrogen-bond donors (Lipinski definition) is 1. The molecule has 8 nitrogen and oxygen atoms in total. The van der Waals surface area contributed by atoms with Crippen LogP contribution in [0.15, 0.2) is 39.0 Å². The van der Waals surface area contributed by atoms with Crippen molar-refractivity contribution in [3.8, 4) is 6.07 Å². The predicted molar refractivity (Wildman–Crippen MR) is 114 cm³/mol. The first kappa shape index (κ1) is 21.6. The summed E-state index contributed by atoms with van der Waals surface area (Å²) in [7, 11) is 0. The second-order valence-corrected chi connectivity index (χ2v) is 9.66. The maximum atomic E-state index is 12.5. The van der Waals surface area contributed by atoms with Crippen molar-refractivity contribution < 1.29 is 9.59 Å². The number of thioether (sulfide) groups is 2. The first-order valence-corrected chi connectivity index (χ1v) is 11.7. The first-order valence-electron chi connectivity index (χ1n) is 8.90. The summed E-state index contributed by atoms with van der Waals surface area (Å²) in [6.07, 6.45) is 0. The number of benzene rings is 1. The van der Waals surface area contributed by atoms with Crippen molar-refractivity contribution in [1.82, 2.24) is 20.0 Å². The largest absolute Gasteiger partial charge is 0.369 e. The van der Waals surface area contributed by atoms with Gasteiger partial charge in [0, 0.05) is 26.2 Å². The van der Waals surface area contributed by atoms with Crippen molar-refractivity contribution >= 4 is 46.7 Å². The maximum Gasteiger partial charge on any atom is 0.233 e. The van der Waals surface area contributed by atoms with Gasteiger partial charge in [-0.1, -0.05) is 65.2 Å². The summed E-state index contributed by atoms with van der Waals surface area (Å²) < 4.78 is 1.35. The average molecular weight is 449 g/mol. The number of amides is 2. The van der Waals surface area contributed by atoms with Crippen LogP contribution in [0.1, 0.15) is 11.6 Å². The molecule has 1 aromatic carbocycles. The number of nitrogens with two attached hydrogens (primary N) is 1. The van der Waals surface area contributed by atoms with Gasteiger partial charge in [0.1, 0.15) is 6.04 Å². The molecule has 1 aliphatic heterocycles. The predicted octanol–water partition coefficient (Wildman–Crippen LogP) is 1.62. The van der Waals surface area contributed by atoms with Crippen molar-refractivity contribution in [2.45, 2.75) is 14.7 Å². The summed E-state index contributed by atoms with van der Waals surface area (Å²) in [4.78, 5) is 27.3. The van der Waals surface area contributed by atoms with Crippen LogP contribution in [0.3, 0.4) is 0 Å². The molecular weight excluding hydrogens is 428 g/mol. The average Bonchev–Trinajstić information content (AvgIpc) is 3.20. The van der Waals surface area contributed by atoms with Crippen molar-refractivity contribution in [3.63, 3.8) is 0 Å². The molecular formula is C18H20N6O2S3. The number of aromatic nitrogens is 2. The van der Waals surface area contributed by atoms with Crippen LogP contribution < -0.4 is 5.73 Å². The highest BCUT2D eigenvalue weighted by Crippen LogP contribution is 2.29. The third-order valence-corrected chi connectivity index (χ3v) is 7.51. The molecule has 1 atom stereocenters. The topological polar surface area (TPSA) is 116 Å². The minimum Gasteiger partial charge on any atom is -0.369 e. The lowest BCUT2D eigenvalue weighted by Crippen LogP contribution is -2.50. The van der Waals surface area contributed by atoms with Crippen LogP contribution in [-0.2, 0) is 9.59 Å². The van der Waals surface area contributed by atoms with Crippen molar-refractivity contribution in [1.29, 1.82) is 5.26 Å². The third-order valence-electron chi connectivity index (χ3n) is 4.31. The molecule has 2 N–H and O–H groups in total. The van der Waals surface area contributed by atoms with Gasteiger partial charge in [0.15, 0.2) is 8.68 Å². The van der Waals surface area contributed by atoms with Crippen LogP contribution >= 0.6 is 34.9 Å². The van der Waals surface area contributed by atoms with Crippen molar-refractivity contribution in [2.75, 3.05) is 37.7 Å². The van der Waals surface area contributed by atoms with Gasteiger partial charge in [0.2, 0.25) is 11.8 Å².